The normalized spacial score (nSPS) is 16.0. The summed E-state index contributed by atoms with van der Waals surface area (Å²) in [4.78, 5) is 11.7. The van der Waals surface area contributed by atoms with Crippen LogP contribution >= 0.6 is 0 Å². The third-order valence-electron chi connectivity index (χ3n) is 6.70. The minimum absolute atomic E-state index is 0.317. The third-order valence-corrected chi connectivity index (χ3v) is 6.70. The maximum absolute atomic E-state index is 11.7. The first-order valence-electron chi connectivity index (χ1n) is 10.6. The van der Waals surface area contributed by atoms with Crippen LogP contribution in [-0.2, 0) is 6.54 Å². The number of carbonyl (C=O) groups is 1. The Morgan fingerprint density at radius 1 is 1.07 bits per heavy atom. The molecule has 0 radical (unpaired) electrons. The zero-order valence-electron chi connectivity index (χ0n) is 16.6. The first-order valence-corrected chi connectivity index (χ1v) is 10.6. The van der Waals surface area contributed by atoms with Gasteiger partial charge < -0.3 is 9.67 Å². The van der Waals surface area contributed by atoms with Gasteiger partial charge in [-0.25, -0.2) is 4.79 Å². The molecule has 0 amide bonds. The van der Waals surface area contributed by atoms with Crippen LogP contribution in [0.25, 0.3) is 27.8 Å². The smallest absolute Gasteiger partial charge is 0.335 e. The van der Waals surface area contributed by atoms with Gasteiger partial charge in [0.05, 0.1) is 29.0 Å². The summed E-state index contributed by atoms with van der Waals surface area (Å²) >= 11 is 0. The van der Waals surface area contributed by atoms with Crippen LogP contribution < -0.4 is 0 Å². The van der Waals surface area contributed by atoms with E-state index in [1.165, 1.54) is 48.7 Å². The lowest BCUT2D eigenvalue weighted by Crippen LogP contribution is -2.07. The van der Waals surface area contributed by atoms with Gasteiger partial charge in [0.1, 0.15) is 6.33 Å². The molecule has 2 aliphatic rings. The summed E-state index contributed by atoms with van der Waals surface area (Å²) in [5.74, 6) is 0.447. The number of aromatic nitrogens is 4. The number of carboxylic acid groups (broad SMARTS) is 1. The number of hydrogen-bond acceptors (Lipinski definition) is 3. The standard InChI is InChI=1S/C24H22N4O2/c29-24(30)16-10-11-17-20(12-16)27-13-21-26-25-14-28(21)19-9-5-4-8-18(19)23(27)22(17)15-6-2-1-3-7-15/h4-5,8-12,14-15H,1-3,6-7,13H2,(H,29,30). The highest BCUT2D eigenvalue weighted by Gasteiger charge is 2.30. The molecule has 6 rings (SSSR count). The van der Waals surface area contributed by atoms with Crippen LogP contribution in [-0.4, -0.2) is 30.4 Å². The van der Waals surface area contributed by atoms with Crippen molar-refractivity contribution in [2.75, 3.05) is 0 Å². The molecule has 4 aromatic rings. The van der Waals surface area contributed by atoms with E-state index in [4.69, 9.17) is 0 Å². The van der Waals surface area contributed by atoms with Gasteiger partial charge in [0.25, 0.3) is 0 Å². The summed E-state index contributed by atoms with van der Waals surface area (Å²) in [7, 11) is 0. The summed E-state index contributed by atoms with van der Waals surface area (Å²) in [5, 5.41) is 19.3. The predicted molar refractivity (Wildman–Crippen MR) is 114 cm³/mol. The van der Waals surface area contributed by atoms with Gasteiger partial charge in [0.15, 0.2) is 5.82 Å². The number of para-hydroxylation sites is 1. The monoisotopic (exact) mass is 398 g/mol. The molecule has 0 saturated heterocycles. The fraction of sp³-hybridized carbons (Fsp3) is 0.292. The Labute approximate surface area is 173 Å². The van der Waals surface area contributed by atoms with E-state index in [2.05, 4.69) is 37.5 Å². The zero-order valence-corrected chi connectivity index (χ0v) is 16.6. The molecule has 1 aliphatic heterocycles. The number of fused-ring (bicyclic) bond motifs is 7. The third kappa shape index (κ3) is 2.46. The second-order valence-electron chi connectivity index (χ2n) is 8.35. The molecular weight excluding hydrogens is 376 g/mol. The highest BCUT2D eigenvalue weighted by molar-refractivity contribution is 5.99. The average Bonchev–Trinajstić information content (AvgIpc) is 3.33. The highest BCUT2D eigenvalue weighted by Crippen LogP contribution is 2.46. The van der Waals surface area contributed by atoms with E-state index in [9.17, 15) is 9.90 Å². The fourth-order valence-electron chi connectivity index (χ4n) is 5.36. The van der Waals surface area contributed by atoms with Crippen molar-refractivity contribution in [2.45, 2.75) is 44.6 Å². The highest BCUT2D eigenvalue weighted by atomic mass is 16.4. The summed E-state index contributed by atoms with van der Waals surface area (Å²) in [6, 6.07) is 14.0. The number of rotatable bonds is 2. The van der Waals surface area contributed by atoms with Crippen LogP contribution in [0.1, 0.15) is 59.8 Å². The number of carboxylic acids is 1. The molecule has 0 spiro atoms. The van der Waals surface area contributed by atoms with E-state index in [0.29, 0.717) is 18.0 Å². The second-order valence-corrected chi connectivity index (χ2v) is 8.35. The minimum atomic E-state index is -0.899. The molecule has 0 unspecified atom stereocenters. The Bertz CT molecular complexity index is 1290. The van der Waals surface area contributed by atoms with E-state index in [-0.39, 0.29) is 0 Å². The molecule has 30 heavy (non-hydrogen) atoms. The second kappa shape index (κ2) is 6.55. The van der Waals surface area contributed by atoms with Gasteiger partial charge in [0, 0.05) is 10.9 Å². The van der Waals surface area contributed by atoms with Crippen molar-refractivity contribution in [3.8, 4) is 16.9 Å². The molecule has 2 aromatic carbocycles. The molecule has 1 aliphatic carbocycles. The maximum Gasteiger partial charge on any atom is 0.335 e. The molecule has 1 fully saturated rings. The minimum Gasteiger partial charge on any atom is -0.478 e. The Hall–Kier alpha value is -3.41. The number of benzene rings is 2. The summed E-state index contributed by atoms with van der Waals surface area (Å²) in [6.07, 6.45) is 7.92. The lowest BCUT2D eigenvalue weighted by atomic mass is 9.81. The van der Waals surface area contributed by atoms with Crippen molar-refractivity contribution < 1.29 is 9.90 Å². The quantitative estimate of drug-likeness (QED) is 0.454. The molecule has 3 heterocycles. The van der Waals surface area contributed by atoms with Crippen LogP contribution in [0.5, 0.6) is 0 Å². The first kappa shape index (κ1) is 17.4. The number of nitrogens with zero attached hydrogens (tertiary/aromatic N) is 4. The topological polar surface area (TPSA) is 72.9 Å². The van der Waals surface area contributed by atoms with Crippen molar-refractivity contribution in [3.05, 3.63) is 65.7 Å². The molecule has 0 atom stereocenters. The van der Waals surface area contributed by atoms with Gasteiger partial charge in [-0.1, -0.05) is 43.5 Å². The van der Waals surface area contributed by atoms with Gasteiger partial charge in [0.2, 0.25) is 0 Å². The molecule has 1 saturated carbocycles. The van der Waals surface area contributed by atoms with Gasteiger partial charge in [-0.15, -0.1) is 10.2 Å². The maximum atomic E-state index is 11.7. The summed E-state index contributed by atoms with van der Waals surface area (Å²) < 4.78 is 4.32. The SMILES string of the molecule is O=C(O)c1ccc2c(C3CCCCC3)c3n(c2c1)Cc1nncn1-c1ccccc1-3. The summed E-state index contributed by atoms with van der Waals surface area (Å²) in [5.41, 5.74) is 6.10. The van der Waals surface area contributed by atoms with E-state index < -0.39 is 5.97 Å². The van der Waals surface area contributed by atoms with Gasteiger partial charge in [-0.05, 0) is 42.5 Å². The Morgan fingerprint density at radius 3 is 2.73 bits per heavy atom. The molecule has 150 valence electrons. The van der Waals surface area contributed by atoms with Gasteiger partial charge >= 0.3 is 5.97 Å². The van der Waals surface area contributed by atoms with Gasteiger partial charge in [-0.3, -0.25) is 4.57 Å². The van der Waals surface area contributed by atoms with Crippen LogP contribution in [0.15, 0.2) is 48.8 Å². The van der Waals surface area contributed by atoms with E-state index in [1.807, 2.05) is 18.2 Å². The van der Waals surface area contributed by atoms with Crippen LogP contribution in [0.3, 0.4) is 0 Å². The van der Waals surface area contributed by atoms with Crippen LogP contribution in [0, 0.1) is 0 Å². The molecular formula is C24H22N4O2. The van der Waals surface area contributed by atoms with Crippen LogP contribution in [0.2, 0.25) is 0 Å². The molecule has 0 bridgehead atoms. The van der Waals surface area contributed by atoms with Crippen molar-refractivity contribution >= 4 is 16.9 Å². The van der Waals surface area contributed by atoms with E-state index in [0.717, 1.165) is 22.6 Å². The van der Waals surface area contributed by atoms with Crippen molar-refractivity contribution in [3.63, 3.8) is 0 Å². The lowest BCUT2D eigenvalue weighted by molar-refractivity contribution is 0.0697. The molecule has 6 nitrogen and oxygen atoms in total. The first-order chi connectivity index (χ1) is 14.7. The number of hydrogen-bond donors (Lipinski definition) is 1. The number of aromatic carboxylic acids is 1. The zero-order chi connectivity index (χ0) is 20.2. The van der Waals surface area contributed by atoms with Crippen molar-refractivity contribution in [1.82, 2.24) is 19.3 Å². The van der Waals surface area contributed by atoms with E-state index in [1.54, 1.807) is 12.4 Å². The van der Waals surface area contributed by atoms with E-state index >= 15 is 0 Å². The predicted octanol–water partition coefficient (Wildman–Crippen LogP) is 5.00. The molecule has 1 N–H and O–H groups in total. The lowest BCUT2D eigenvalue weighted by Gasteiger charge is -2.23. The Kier molecular flexibility index (Phi) is 3.81. The van der Waals surface area contributed by atoms with Crippen molar-refractivity contribution in [2.24, 2.45) is 0 Å². The molecule has 2 aromatic heterocycles. The van der Waals surface area contributed by atoms with Crippen molar-refractivity contribution in [1.29, 1.82) is 0 Å². The fourth-order valence-corrected chi connectivity index (χ4v) is 5.36. The molecule has 6 heteroatoms. The van der Waals surface area contributed by atoms with Crippen LogP contribution in [0.4, 0.5) is 0 Å². The summed E-state index contributed by atoms with van der Waals surface area (Å²) in [6.45, 7) is 0.566. The largest absolute Gasteiger partial charge is 0.478 e. The van der Waals surface area contributed by atoms with Gasteiger partial charge in [-0.2, -0.15) is 0 Å². The average molecular weight is 398 g/mol. The Morgan fingerprint density at radius 2 is 1.90 bits per heavy atom. The Balaban J connectivity index is 1.73.